The topological polar surface area (TPSA) is 81.4 Å². The zero-order chi connectivity index (χ0) is 16.8. The van der Waals surface area contributed by atoms with Crippen LogP contribution in [0, 0.1) is 6.92 Å². The lowest BCUT2D eigenvalue weighted by Gasteiger charge is -2.02. The van der Waals surface area contributed by atoms with E-state index in [2.05, 4.69) is 10.5 Å². The number of hydrogen-bond donors (Lipinski definition) is 1. The Morgan fingerprint density at radius 1 is 1.26 bits per heavy atom. The molecule has 0 aliphatic heterocycles. The summed E-state index contributed by atoms with van der Waals surface area (Å²) in [5, 5.41) is 6.50. The van der Waals surface area contributed by atoms with E-state index in [4.69, 9.17) is 9.26 Å². The fraction of sp³-hybridized carbons (Fsp3) is 0.235. The summed E-state index contributed by atoms with van der Waals surface area (Å²) in [6.45, 7) is 3.09. The first-order chi connectivity index (χ1) is 11.0. The molecule has 0 atom stereocenters. The molecule has 0 saturated carbocycles. The number of nitrogens with zero attached hydrogens (tertiary/aromatic N) is 1. The van der Waals surface area contributed by atoms with Crippen LogP contribution in [0.5, 0.6) is 5.75 Å². The maximum Gasteiger partial charge on any atom is 0.231 e. The van der Waals surface area contributed by atoms with Gasteiger partial charge in [-0.2, -0.15) is 0 Å². The molecule has 1 aromatic heterocycles. The lowest BCUT2D eigenvalue weighted by molar-refractivity contribution is -0.124. The van der Waals surface area contributed by atoms with Crippen LogP contribution in [0.4, 0.5) is 5.69 Å². The van der Waals surface area contributed by atoms with E-state index in [0.717, 1.165) is 11.3 Å². The summed E-state index contributed by atoms with van der Waals surface area (Å²) in [6.07, 6.45) is 3.37. The summed E-state index contributed by atoms with van der Waals surface area (Å²) in [7, 11) is 1.61. The van der Waals surface area contributed by atoms with Crippen LogP contribution >= 0.6 is 0 Å². The number of methoxy groups -OCH3 is 1. The van der Waals surface area contributed by atoms with Crippen LogP contribution in [0.2, 0.25) is 0 Å². The third-order valence-electron chi connectivity index (χ3n) is 3.11. The number of benzene rings is 1. The lowest BCUT2D eigenvalue weighted by atomic mass is 10.2. The van der Waals surface area contributed by atoms with E-state index < -0.39 is 0 Å². The average molecular weight is 314 g/mol. The highest BCUT2D eigenvalue weighted by Gasteiger charge is 2.14. The Bertz CT molecular complexity index is 730. The highest BCUT2D eigenvalue weighted by atomic mass is 16.5. The van der Waals surface area contributed by atoms with E-state index >= 15 is 0 Å². The summed E-state index contributed by atoms with van der Waals surface area (Å²) in [4.78, 5) is 22.7. The van der Waals surface area contributed by atoms with Gasteiger partial charge in [0.05, 0.1) is 13.5 Å². The smallest absolute Gasteiger partial charge is 0.231 e. The maximum absolute atomic E-state index is 11.7. The third kappa shape index (κ3) is 4.54. The molecule has 1 heterocycles. The van der Waals surface area contributed by atoms with Gasteiger partial charge in [-0.15, -0.1) is 0 Å². The van der Waals surface area contributed by atoms with Crippen LogP contribution in [0.25, 0.3) is 12.2 Å². The quantitative estimate of drug-likeness (QED) is 0.829. The number of aryl methyl sites for hydroxylation is 1. The Hall–Kier alpha value is -2.89. The molecule has 0 radical (unpaired) electrons. The summed E-state index contributed by atoms with van der Waals surface area (Å²) in [5.41, 5.74) is 1.97. The number of rotatable bonds is 6. The molecule has 2 aromatic rings. The van der Waals surface area contributed by atoms with Gasteiger partial charge in [0, 0.05) is 0 Å². The van der Waals surface area contributed by atoms with Gasteiger partial charge in [0.1, 0.15) is 22.9 Å². The van der Waals surface area contributed by atoms with Crippen LogP contribution in [0.15, 0.2) is 28.8 Å². The molecule has 0 fully saturated rings. The predicted octanol–water partition coefficient (Wildman–Crippen LogP) is 3.08. The van der Waals surface area contributed by atoms with E-state index in [0.29, 0.717) is 17.1 Å². The van der Waals surface area contributed by atoms with Gasteiger partial charge >= 0.3 is 0 Å². The zero-order valence-electron chi connectivity index (χ0n) is 13.3. The Morgan fingerprint density at radius 2 is 1.96 bits per heavy atom. The number of aromatic nitrogens is 1. The Kier molecular flexibility index (Phi) is 5.30. The van der Waals surface area contributed by atoms with Crippen molar-refractivity contribution in [1.82, 2.24) is 5.16 Å². The molecule has 0 aliphatic rings. The van der Waals surface area contributed by atoms with Crippen molar-refractivity contribution in [2.24, 2.45) is 0 Å². The molecule has 0 bridgehead atoms. The average Bonchev–Trinajstić information content (AvgIpc) is 2.85. The van der Waals surface area contributed by atoms with E-state index in [1.165, 1.54) is 6.92 Å². The van der Waals surface area contributed by atoms with E-state index in [1.807, 2.05) is 30.3 Å². The van der Waals surface area contributed by atoms with Crippen LogP contribution < -0.4 is 10.1 Å². The van der Waals surface area contributed by atoms with E-state index in [9.17, 15) is 9.59 Å². The van der Waals surface area contributed by atoms with Crippen LogP contribution in [0.1, 0.15) is 30.4 Å². The van der Waals surface area contributed by atoms with Gasteiger partial charge < -0.3 is 14.6 Å². The van der Waals surface area contributed by atoms with Crippen molar-refractivity contribution in [1.29, 1.82) is 0 Å². The number of anilines is 1. The normalized spacial score (nSPS) is 10.7. The molecular formula is C17H18N2O4. The number of hydrogen-bond acceptors (Lipinski definition) is 5. The second-order valence-corrected chi connectivity index (χ2v) is 5.04. The van der Waals surface area contributed by atoms with Crippen molar-refractivity contribution in [3.05, 3.63) is 41.3 Å². The molecule has 2 rings (SSSR count). The van der Waals surface area contributed by atoms with Crippen molar-refractivity contribution >= 4 is 29.5 Å². The molecule has 0 unspecified atom stereocenters. The second-order valence-electron chi connectivity index (χ2n) is 5.04. The molecule has 0 spiro atoms. The summed E-state index contributed by atoms with van der Waals surface area (Å²) in [6, 6.07) is 7.49. The fourth-order valence-corrected chi connectivity index (χ4v) is 1.95. The van der Waals surface area contributed by atoms with Crippen molar-refractivity contribution in [3.8, 4) is 5.75 Å². The number of nitrogens with one attached hydrogen (secondary N) is 1. The number of carbonyl (C=O) groups is 2. The first-order valence-electron chi connectivity index (χ1n) is 7.07. The van der Waals surface area contributed by atoms with E-state index in [-0.39, 0.29) is 18.1 Å². The predicted molar refractivity (Wildman–Crippen MR) is 87.1 cm³/mol. The van der Waals surface area contributed by atoms with Crippen LogP contribution in [-0.2, 0) is 9.59 Å². The lowest BCUT2D eigenvalue weighted by Crippen LogP contribution is -2.15. The number of amides is 1. The summed E-state index contributed by atoms with van der Waals surface area (Å²) < 4.78 is 10.3. The minimum Gasteiger partial charge on any atom is -0.497 e. The second kappa shape index (κ2) is 7.40. The standard InChI is InChI=1S/C17H18N2O4/c1-11(20)10-16(21)18-17-12(2)19-23-15(17)9-6-13-4-7-14(22-3)8-5-13/h4-9H,10H2,1-3H3,(H,18,21)/b9-6+. The number of carbonyl (C=O) groups excluding carboxylic acids is 2. The monoisotopic (exact) mass is 314 g/mol. The molecule has 0 saturated heterocycles. The highest BCUT2D eigenvalue weighted by molar-refractivity contribution is 6.04. The number of ether oxygens (including phenoxy) is 1. The Labute approximate surface area is 134 Å². The maximum atomic E-state index is 11.7. The van der Waals surface area contributed by atoms with Crippen LogP contribution in [-0.4, -0.2) is 24.0 Å². The van der Waals surface area contributed by atoms with Gasteiger partial charge in [-0.25, -0.2) is 0 Å². The van der Waals surface area contributed by atoms with Crippen molar-refractivity contribution in [3.63, 3.8) is 0 Å². The van der Waals surface area contributed by atoms with Crippen molar-refractivity contribution < 1.29 is 18.8 Å². The Morgan fingerprint density at radius 3 is 2.57 bits per heavy atom. The molecule has 1 aromatic carbocycles. The largest absolute Gasteiger partial charge is 0.497 e. The molecule has 6 nitrogen and oxygen atoms in total. The fourth-order valence-electron chi connectivity index (χ4n) is 1.95. The Balaban J connectivity index is 2.15. The third-order valence-corrected chi connectivity index (χ3v) is 3.11. The molecule has 120 valence electrons. The van der Waals surface area contributed by atoms with Gasteiger partial charge in [-0.1, -0.05) is 23.4 Å². The molecule has 1 N–H and O–H groups in total. The minimum atomic E-state index is -0.386. The molecule has 1 amide bonds. The minimum absolute atomic E-state index is 0.174. The molecule has 6 heteroatoms. The zero-order valence-corrected chi connectivity index (χ0v) is 13.3. The first kappa shape index (κ1) is 16.5. The summed E-state index contributed by atoms with van der Waals surface area (Å²) >= 11 is 0. The molecule has 23 heavy (non-hydrogen) atoms. The number of ketones is 1. The summed E-state index contributed by atoms with van der Waals surface area (Å²) in [5.74, 6) is 0.611. The van der Waals surface area contributed by atoms with Gasteiger partial charge in [0.2, 0.25) is 5.91 Å². The van der Waals surface area contributed by atoms with Gasteiger partial charge in [0.15, 0.2) is 5.76 Å². The molecular weight excluding hydrogens is 296 g/mol. The van der Waals surface area contributed by atoms with Gasteiger partial charge in [-0.3, -0.25) is 9.59 Å². The van der Waals surface area contributed by atoms with Crippen molar-refractivity contribution in [2.75, 3.05) is 12.4 Å². The van der Waals surface area contributed by atoms with Crippen molar-refractivity contribution in [2.45, 2.75) is 20.3 Å². The first-order valence-corrected chi connectivity index (χ1v) is 7.07. The number of Topliss-reactive ketones (excluding diaryl/α,β-unsaturated/α-hetero) is 1. The van der Waals surface area contributed by atoms with Crippen LogP contribution in [0.3, 0.4) is 0 Å². The van der Waals surface area contributed by atoms with E-state index in [1.54, 1.807) is 20.1 Å². The highest BCUT2D eigenvalue weighted by Crippen LogP contribution is 2.23. The SMILES string of the molecule is COc1ccc(/C=C/c2onc(C)c2NC(=O)CC(C)=O)cc1. The van der Waals surface area contributed by atoms with Gasteiger partial charge in [-0.05, 0) is 37.6 Å². The molecule has 0 aliphatic carbocycles. The van der Waals surface area contributed by atoms with Gasteiger partial charge in [0.25, 0.3) is 0 Å².